The Morgan fingerprint density at radius 2 is 2.23 bits per heavy atom. The fourth-order valence-corrected chi connectivity index (χ4v) is 2.08. The summed E-state index contributed by atoms with van der Waals surface area (Å²) in [6.07, 6.45) is 4.58. The predicted molar refractivity (Wildman–Crippen MR) is 78.8 cm³/mol. The van der Waals surface area contributed by atoms with Crippen molar-refractivity contribution in [2.24, 2.45) is 0 Å². The number of rotatable bonds is 3. The average molecular weight is 297 g/mol. The summed E-state index contributed by atoms with van der Waals surface area (Å²) in [7, 11) is 0. The highest BCUT2D eigenvalue weighted by molar-refractivity contribution is 6.09. The topological polar surface area (TPSA) is 102 Å². The zero-order valence-electron chi connectivity index (χ0n) is 11.6. The Bertz CT molecular complexity index is 887. The SMILES string of the molecule is Cc1ccc(NC(=O)c2cnn3cccnc23)c([N+](=O)[O-])c1. The van der Waals surface area contributed by atoms with Crippen molar-refractivity contribution in [1.82, 2.24) is 14.6 Å². The minimum atomic E-state index is -0.531. The lowest BCUT2D eigenvalue weighted by Crippen LogP contribution is -2.13. The lowest BCUT2D eigenvalue weighted by Gasteiger charge is -2.05. The molecule has 1 N–H and O–H groups in total. The zero-order chi connectivity index (χ0) is 15.7. The molecule has 0 aliphatic heterocycles. The van der Waals surface area contributed by atoms with Gasteiger partial charge < -0.3 is 5.32 Å². The molecule has 0 aliphatic carbocycles. The number of amides is 1. The van der Waals surface area contributed by atoms with E-state index in [1.807, 2.05) is 0 Å². The van der Waals surface area contributed by atoms with Crippen LogP contribution in [0.25, 0.3) is 5.65 Å². The Labute approximate surface area is 124 Å². The fourth-order valence-electron chi connectivity index (χ4n) is 2.08. The highest BCUT2D eigenvalue weighted by Crippen LogP contribution is 2.26. The summed E-state index contributed by atoms with van der Waals surface area (Å²) in [5, 5.41) is 17.6. The molecule has 0 fully saturated rings. The van der Waals surface area contributed by atoms with Gasteiger partial charge in [0.2, 0.25) is 0 Å². The van der Waals surface area contributed by atoms with Gasteiger partial charge in [-0.15, -0.1) is 0 Å². The van der Waals surface area contributed by atoms with Crippen molar-refractivity contribution in [2.75, 3.05) is 5.32 Å². The van der Waals surface area contributed by atoms with E-state index in [0.717, 1.165) is 5.56 Å². The number of hydrogen-bond acceptors (Lipinski definition) is 5. The molecule has 2 aromatic heterocycles. The number of aromatic nitrogens is 3. The van der Waals surface area contributed by atoms with Crippen molar-refractivity contribution in [1.29, 1.82) is 0 Å². The average Bonchev–Trinajstić information content (AvgIpc) is 2.93. The van der Waals surface area contributed by atoms with Crippen LogP contribution < -0.4 is 5.32 Å². The van der Waals surface area contributed by atoms with Gasteiger partial charge in [0.1, 0.15) is 11.3 Å². The second-order valence-electron chi connectivity index (χ2n) is 4.68. The molecule has 0 unspecified atom stereocenters. The Morgan fingerprint density at radius 1 is 1.41 bits per heavy atom. The first-order valence-electron chi connectivity index (χ1n) is 6.41. The molecule has 0 saturated heterocycles. The number of nitrogens with zero attached hydrogens (tertiary/aromatic N) is 4. The first-order chi connectivity index (χ1) is 10.6. The summed E-state index contributed by atoms with van der Waals surface area (Å²) >= 11 is 0. The molecule has 22 heavy (non-hydrogen) atoms. The smallest absolute Gasteiger partial charge is 0.293 e. The molecular formula is C14H11N5O3. The standard InChI is InChI=1S/C14H11N5O3/c1-9-3-4-11(12(7-9)19(21)22)17-14(20)10-8-16-18-6-2-5-15-13(10)18/h2-8H,1H3,(H,17,20). The fraction of sp³-hybridized carbons (Fsp3) is 0.0714. The minimum Gasteiger partial charge on any atom is -0.316 e. The Kier molecular flexibility index (Phi) is 3.26. The molecular weight excluding hydrogens is 286 g/mol. The molecule has 1 amide bonds. The largest absolute Gasteiger partial charge is 0.316 e. The molecule has 0 saturated carbocycles. The van der Waals surface area contributed by atoms with E-state index in [4.69, 9.17) is 0 Å². The van der Waals surface area contributed by atoms with Crippen LogP contribution in [0, 0.1) is 17.0 Å². The summed E-state index contributed by atoms with van der Waals surface area (Å²) in [5.41, 5.74) is 1.35. The number of nitro benzene ring substituents is 1. The summed E-state index contributed by atoms with van der Waals surface area (Å²) in [6, 6.07) is 6.29. The molecule has 0 radical (unpaired) electrons. The quantitative estimate of drug-likeness (QED) is 0.589. The van der Waals surface area contributed by atoms with Crippen molar-refractivity contribution in [3.63, 3.8) is 0 Å². The number of benzene rings is 1. The van der Waals surface area contributed by atoms with E-state index in [1.54, 1.807) is 31.5 Å². The molecule has 0 spiro atoms. The highest BCUT2D eigenvalue weighted by Gasteiger charge is 2.19. The van der Waals surface area contributed by atoms with Gasteiger partial charge >= 0.3 is 0 Å². The van der Waals surface area contributed by atoms with E-state index in [1.165, 1.54) is 22.8 Å². The summed E-state index contributed by atoms with van der Waals surface area (Å²) < 4.78 is 1.46. The molecule has 1 aromatic carbocycles. The van der Waals surface area contributed by atoms with Gasteiger partial charge in [0, 0.05) is 18.5 Å². The number of fused-ring (bicyclic) bond motifs is 1. The zero-order valence-corrected chi connectivity index (χ0v) is 11.6. The number of hydrogen-bond donors (Lipinski definition) is 1. The van der Waals surface area contributed by atoms with Gasteiger partial charge in [-0.25, -0.2) is 9.50 Å². The maximum Gasteiger partial charge on any atom is 0.293 e. The Balaban J connectivity index is 1.97. The number of carbonyl (C=O) groups is 1. The van der Waals surface area contributed by atoms with E-state index in [2.05, 4.69) is 15.4 Å². The maximum atomic E-state index is 12.3. The van der Waals surface area contributed by atoms with E-state index < -0.39 is 10.8 Å². The summed E-state index contributed by atoms with van der Waals surface area (Å²) in [6.45, 7) is 1.74. The maximum absolute atomic E-state index is 12.3. The molecule has 2 heterocycles. The van der Waals surface area contributed by atoms with Gasteiger partial charge in [0.05, 0.1) is 11.1 Å². The van der Waals surface area contributed by atoms with Crippen LogP contribution >= 0.6 is 0 Å². The lowest BCUT2D eigenvalue weighted by atomic mass is 10.2. The molecule has 8 heteroatoms. The lowest BCUT2D eigenvalue weighted by molar-refractivity contribution is -0.384. The van der Waals surface area contributed by atoms with Crippen molar-refractivity contribution < 1.29 is 9.72 Å². The van der Waals surface area contributed by atoms with Gasteiger partial charge in [-0.2, -0.15) is 5.10 Å². The van der Waals surface area contributed by atoms with Crippen LogP contribution in [0.2, 0.25) is 0 Å². The van der Waals surface area contributed by atoms with Crippen LogP contribution in [-0.4, -0.2) is 25.4 Å². The predicted octanol–water partition coefficient (Wildman–Crippen LogP) is 2.20. The number of anilines is 1. The molecule has 0 atom stereocenters. The van der Waals surface area contributed by atoms with Gasteiger partial charge in [-0.1, -0.05) is 6.07 Å². The van der Waals surface area contributed by atoms with E-state index in [-0.39, 0.29) is 16.9 Å². The number of carbonyl (C=O) groups excluding carboxylic acids is 1. The number of aryl methyl sites for hydroxylation is 1. The van der Waals surface area contributed by atoms with Crippen molar-refractivity contribution in [2.45, 2.75) is 6.92 Å². The first-order valence-corrected chi connectivity index (χ1v) is 6.41. The van der Waals surface area contributed by atoms with Gasteiger partial charge in [-0.05, 0) is 24.6 Å². The number of nitrogens with one attached hydrogen (secondary N) is 1. The number of nitro groups is 1. The van der Waals surface area contributed by atoms with E-state index in [9.17, 15) is 14.9 Å². The van der Waals surface area contributed by atoms with Crippen LogP contribution in [0.4, 0.5) is 11.4 Å². The normalized spacial score (nSPS) is 10.6. The second kappa shape index (κ2) is 5.24. The first kappa shape index (κ1) is 13.7. The molecule has 0 bridgehead atoms. The molecule has 3 rings (SSSR count). The molecule has 110 valence electrons. The van der Waals surface area contributed by atoms with Crippen molar-refractivity contribution in [3.05, 3.63) is 64.1 Å². The second-order valence-corrected chi connectivity index (χ2v) is 4.68. The Hall–Kier alpha value is -3.29. The van der Waals surface area contributed by atoms with E-state index >= 15 is 0 Å². The molecule has 8 nitrogen and oxygen atoms in total. The summed E-state index contributed by atoms with van der Waals surface area (Å²) in [5.74, 6) is -0.499. The van der Waals surface area contributed by atoms with Crippen LogP contribution in [0.5, 0.6) is 0 Å². The monoisotopic (exact) mass is 297 g/mol. The van der Waals surface area contributed by atoms with Crippen LogP contribution in [0.15, 0.2) is 42.9 Å². The minimum absolute atomic E-state index is 0.135. The molecule has 3 aromatic rings. The third kappa shape index (κ3) is 2.37. The third-order valence-electron chi connectivity index (χ3n) is 3.12. The third-order valence-corrected chi connectivity index (χ3v) is 3.12. The van der Waals surface area contributed by atoms with Crippen molar-refractivity contribution in [3.8, 4) is 0 Å². The van der Waals surface area contributed by atoms with Gasteiger partial charge in [0.25, 0.3) is 11.6 Å². The van der Waals surface area contributed by atoms with Gasteiger partial charge in [0.15, 0.2) is 5.65 Å². The van der Waals surface area contributed by atoms with Crippen LogP contribution in [-0.2, 0) is 0 Å². The van der Waals surface area contributed by atoms with Crippen molar-refractivity contribution >= 4 is 22.9 Å². The van der Waals surface area contributed by atoms with Crippen LogP contribution in [0.3, 0.4) is 0 Å². The Morgan fingerprint density at radius 3 is 3.00 bits per heavy atom. The van der Waals surface area contributed by atoms with E-state index in [0.29, 0.717) is 5.65 Å². The van der Waals surface area contributed by atoms with Gasteiger partial charge in [-0.3, -0.25) is 14.9 Å². The molecule has 0 aliphatic rings. The highest BCUT2D eigenvalue weighted by atomic mass is 16.6. The summed E-state index contributed by atoms with van der Waals surface area (Å²) in [4.78, 5) is 27.0. The van der Waals surface area contributed by atoms with Crippen LogP contribution in [0.1, 0.15) is 15.9 Å².